The summed E-state index contributed by atoms with van der Waals surface area (Å²) in [5.74, 6) is -3.48. The molecule has 0 aromatic heterocycles. The Morgan fingerprint density at radius 3 is 2.36 bits per heavy atom. The van der Waals surface area contributed by atoms with E-state index in [-0.39, 0.29) is 49.8 Å². The number of carbonyl (C=O) groups is 4. The van der Waals surface area contributed by atoms with Gasteiger partial charge in [-0.05, 0) is 50.3 Å². The van der Waals surface area contributed by atoms with E-state index in [4.69, 9.17) is 11.5 Å². The number of amides is 3. The van der Waals surface area contributed by atoms with Crippen LogP contribution >= 0.6 is 0 Å². The van der Waals surface area contributed by atoms with Crippen LogP contribution in [0.2, 0.25) is 0 Å². The molecule has 3 amide bonds. The Labute approximate surface area is 256 Å². The van der Waals surface area contributed by atoms with Gasteiger partial charge in [0.1, 0.15) is 18.1 Å². The molecule has 0 saturated carbocycles. The minimum absolute atomic E-state index is 0.0288. The highest BCUT2D eigenvalue weighted by Crippen LogP contribution is 2.21. The van der Waals surface area contributed by atoms with Crippen LogP contribution in [0.25, 0.3) is 0 Å². The van der Waals surface area contributed by atoms with Gasteiger partial charge in [0.2, 0.25) is 27.7 Å². The zero-order chi connectivity index (χ0) is 32.3. The SMILES string of the molecule is Cc1ccc(S(=O)(=O)N[C@@H](CCCN=C(N)N)C(=O)N2CCC[C@H]2C(=O)N[C@@H](CC(=O)O)C(=O)NCc2ccccc2)cc1. The summed E-state index contributed by atoms with van der Waals surface area (Å²) in [4.78, 5) is 56.6. The quantitative estimate of drug-likeness (QED) is 0.0881. The number of likely N-dealkylation sites (tertiary alicyclic amines) is 1. The molecule has 0 aliphatic carbocycles. The third-order valence-electron chi connectivity index (χ3n) is 7.03. The average Bonchev–Trinajstić information content (AvgIpc) is 3.47. The molecule has 1 fully saturated rings. The van der Waals surface area contributed by atoms with E-state index in [9.17, 15) is 32.7 Å². The van der Waals surface area contributed by atoms with Crippen LogP contribution in [0.5, 0.6) is 0 Å². The van der Waals surface area contributed by atoms with Gasteiger partial charge < -0.3 is 32.1 Å². The lowest BCUT2D eigenvalue weighted by atomic mass is 10.1. The number of aryl methyl sites for hydroxylation is 1. The Kier molecular flexibility index (Phi) is 12.2. The van der Waals surface area contributed by atoms with Crippen molar-refractivity contribution in [1.29, 1.82) is 0 Å². The number of nitrogens with two attached hydrogens (primary N) is 2. The van der Waals surface area contributed by atoms with Gasteiger partial charge in [-0.25, -0.2) is 8.42 Å². The molecule has 44 heavy (non-hydrogen) atoms. The van der Waals surface area contributed by atoms with Crippen LogP contribution in [-0.2, 0) is 35.7 Å². The number of carboxylic acid groups (broad SMARTS) is 1. The minimum Gasteiger partial charge on any atom is -0.481 e. The lowest BCUT2D eigenvalue weighted by Crippen LogP contribution is -2.56. The summed E-state index contributed by atoms with van der Waals surface area (Å²) in [7, 11) is -4.12. The van der Waals surface area contributed by atoms with Crippen LogP contribution in [0.15, 0.2) is 64.5 Å². The summed E-state index contributed by atoms with van der Waals surface area (Å²) < 4.78 is 28.8. The molecule has 0 unspecified atom stereocenters. The maximum Gasteiger partial charge on any atom is 0.305 e. The molecule has 1 aliphatic rings. The first-order valence-electron chi connectivity index (χ1n) is 14.2. The highest BCUT2D eigenvalue weighted by molar-refractivity contribution is 7.89. The van der Waals surface area contributed by atoms with Crippen LogP contribution in [0.1, 0.15) is 43.2 Å². The summed E-state index contributed by atoms with van der Waals surface area (Å²) in [6.45, 7) is 2.25. The highest BCUT2D eigenvalue weighted by Gasteiger charge is 2.39. The van der Waals surface area contributed by atoms with E-state index >= 15 is 0 Å². The minimum atomic E-state index is -4.12. The Bertz CT molecular complexity index is 1450. The number of rotatable bonds is 15. The van der Waals surface area contributed by atoms with Crippen molar-refractivity contribution in [3.63, 3.8) is 0 Å². The third-order valence-corrected chi connectivity index (χ3v) is 8.52. The number of carbonyl (C=O) groups excluding carboxylic acids is 3. The number of benzene rings is 2. The summed E-state index contributed by atoms with van der Waals surface area (Å²) in [5.41, 5.74) is 12.4. The second-order valence-electron chi connectivity index (χ2n) is 10.5. The molecule has 3 rings (SSSR count). The average molecular weight is 630 g/mol. The van der Waals surface area contributed by atoms with Crippen LogP contribution < -0.4 is 26.8 Å². The van der Waals surface area contributed by atoms with E-state index in [1.54, 1.807) is 36.4 Å². The lowest BCUT2D eigenvalue weighted by Gasteiger charge is -2.29. The number of hydrogen-bond donors (Lipinski definition) is 6. The van der Waals surface area contributed by atoms with Crippen LogP contribution in [-0.4, -0.2) is 79.3 Å². The van der Waals surface area contributed by atoms with Crippen molar-refractivity contribution in [2.45, 2.75) is 68.6 Å². The fraction of sp³-hybridized carbons (Fsp3) is 0.414. The van der Waals surface area contributed by atoms with E-state index in [1.807, 2.05) is 13.0 Å². The zero-order valence-electron chi connectivity index (χ0n) is 24.4. The molecule has 15 heteroatoms. The molecular weight excluding hydrogens is 590 g/mol. The number of aliphatic imine (C=N–C) groups is 1. The van der Waals surface area contributed by atoms with Crippen molar-refractivity contribution in [1.82, 2.24) is 20.3 Å². The molecule has 2 aromatic carbocycles. The molecule has 0 bridgehead atoms. The zero-order valence-corrected chi connectivity index (χ0v) is 25.3. The smallest absolute Gasteiger partial charge is 0.305 e. The predicted molar refractivity (Wildman–Crippen MR) is 162 cm³/mol. The Hall–Kier alpha value is -4.50. The van der Waals surface area contributed by atoms with Crippen molar-refractivity contribution in [3.05, 3.63) is 65.7 Å². The van der Waals surface area contributed by atoms with Gasteiger partial charge >= 0.3 is 5.97 Å². The molecule has 1 saturated heterocycles. The molecule has 8 N–H and O–H groups in total. The van der Waals surface area contributed by atoms with Crippen LogP contribution in [0.4, 0.5) is 0 Å². The van der Waals surface area contributed by atoms with Gasteiger partial charge in [0, 0.05) is 19.6 Å². The van der Waals surface area contributed by atoms with Crippen molar-refractivity contribution < 1.29 is 32.7 Å². The van der Waals surface area contributed by atoms with Gasteiger partial charge in [0.25, 0.3) is 0 Å². The molecule has 0 radical (unpaired) electrons. The molecule has 14 nitrogen and oxygen atoms in total. The normalized spacial score (nSPS) is 16.0. The molecule has 1 aliphatic heterocycles. The van der Waals surface area contributed by atoms with E-state index in [0.29, 0.717) is 6.42 Å². The fourth-order valence-electron chi connectivity index (χ4n) is 4.77. The van der Waals surface area contributed by atoms with Gasteiger partial charge in [0.15, 0.2) is 5.96 Å². The molecule has 1 heterocycles. The Morgan fingerprint density at radius 2 is 1.73 bits per heavy atom. The van der Waals surface area contributed by atoms with Gasteiger partial charge in [0.05, 0.1) is 11.3 Å². The third kappa shape index (κ3) is 10.1. The molecule has 0 spiro atoms. The number of nitrogens with one attached hydrogen (secondary N) is 3. The van der Waals surface area contributed by atoms with Gasteiger partial charge in [-0.2, -0.15) is 4.72 Å². The molecular formula is C29H39N7O7S. The van der Waals surface area contributed by atoms with Crippen molar-refractivity contribution >= 4 is 39.7 Å². The number of hydrogen-bond acceptors (Lipinski definition) is 7. The number of aliphatic carboxylic acids is 1. The van der Waals surface area contributed by atoms with E-state index in [2.05, 4.69) is 20.3 Å². The summed E-state index contributed by atoms with van der Waals surface area (Å²) in [5, 5.41) is 14.5. The first kappa shape index (κ1) is 34.0. The predicted octanol–water partition coefficient (Wildman–Crippen LogP) is -0.0376. The second-order valence-corrected chi connectivity index (χ2v) is 12.2. The maximum absolute atomic E-state index is 13.8. The monoisotopic (exact) mass is 629 g/mol. The number of nitrogens with zero attached hydrogens (tertiary/aromatic N) is 2. The van der Waals surface area contributed by atoms with Crippen LogP contribution in [0, 0.1) is 6.92 Å². The second kappa shape index (κ2) is 15.8. The largest absolute Gasteiger partial charge is 0.481 e. The first-order chi connectivity index (χ1) is 20.9. The van der Waals surface area contributed by atoms with Gasteiger partial charge in [-0.3, -0.25) is 24.2 Å². The Morgan fingerprint density at radius 1 is 1.05 bits per heavy atom. The molecule has 2 aromatic rings. The van der Waals surface area contributed by atoms with E-state index in [0.717, 1.165) is 11.1 Å². The Balaban J connectivity index is 1.76. The van der Waals surface area contributed by atoms with E-state index in [1.165, 1.54) is 17.0 Å². The topological polar surface area (TPSA) is 226 Å². The number of guanidine groups is 1. The standard InChI is InChI=1S/C29H39N7O7S/c1-19-11-13-21(14-12-19)44(42,43)35-22(9-5-15-32-29(30)31)28(41)36-16-6-10-24(36)27(40)34-23(17-25(37)38)26(39)33-18-20-7-3-2-4-8-20/h2-4,7-8,11-14,22-24,35H,5-6,9-10,15-18H2,1H3,(H,33,39)(H,34,40)(H,37,38)(H4,30,31,32)/t22-,23-,24-/m0/s1. The first-order valence-corrected chi connectivity index (χ1v) is 15.6. The fourth-order valence-corrected chi connectivity index (χ4v) is 6.00. The number of sulfonamides is 1. The highest BCUT2D eigenvalue weighted by atomic mass is 32.2. The maximum atomic E-state index is 13.8. The van der Waals surface area contributed by atoms with Crippen molar-refractivity contribution in [3.8, 4) is 0 Å². The van der Waals surface area contributed by atoms with Crippen molar-refractivity contribution in [2.75, 3.05) is 13.1 Å². The van der Waals surface area contributed by atoms with E-state index < -0.39 is 58.3 Å². The van der Waals surface area contributed by atoms with Gasteiger partial charge in [-0.1, -0.05) is 48.0 Å². The van der Waals surface area contributed by atoms with Crippen LogP contribution in [0.3, 0.4) is 0 Å². The molecule has 3 atom stereocenters. The summed E-state index contributed by atoms with van der Waals surface area (Å²) in [6.07, 6.45) is 0.317. The summed E-state index contributed by atoms with van der Waals surface area (Å²) in [6, 6.07) is 11.4. The van der Waals surface area contributed by atoms with Gasteiger partial charge in [-0.15, -0.1) is 0 Å². The number of carboxylic acids is 1. The lowest BCUT2D eigenvalue weighted by molar-refractivity contribution is -0.143. The van der Waals surface area contributed by atoms with Crippen molar-refractivity contribution in [2.24, 2.45) is 16.5 Å². The summed E-state index contributed by atoms with van der Waals surface area (Å²) >= 11 is 0. The molecule has 238 valence electrons.